The van der Waals surface area contributed by atoms with Crippen molar-refractivity contribution in [3.05, 3.63) is 24.3 Å². The van der Waals surface area contributed by atoms with Gasteiger partial charge in [-0.3, -0.25) is 4.79 Å². The van der Waals surface area contributed by atoms with Crippen LogP contribution in [0.25, 0.3) is 11.1 Å². The molecule has 110 valence electrons. The summed E-state index contributed by atoms with van der Waals surface area (Å²) in [6, 6.07) is 8.44. The molecular formula is C15H18N4O2. The van der Waals surface area contributed by atoms with Crippen LogP contribution in [0.15, 0.2) is 28.7 Å². The lowest BCUT2D eigenvalue weighted by Crippen LogP contribution is -2.56. The number of hydrogen-bond acceptors (Lipinski definition) is 5. The van der Waals surface area contributed by atoms with Crippen LogP contribution < -0.4 is 10.2 Å². The first kappa shape index (κ1) is 12.6. The summed E-state index contributed by atoms with van der Waals surface area (Å²) >= 11 is 0. The Morgan fingerprint density at radius 2 is 1.95 bits per heavy atom. The van der Waals surface area contributed by atoms with E-state index in [9.17, 15) is 4.79 Å². The molecule has 2 aliphatic heterocycles. The van der Waals surface area contributed by atoms with E-state index in [4.69, 9.17) is 4.42 Å². The summed E-state index contributed by atoms with van der Waals surface area (Å²) in [5.74, 6) is 0.465. The third-order valence-corrected chi connectivity index (χ3v) is 4.28. The molecule has 1 aromatic carbocycles. The van der Waals surface area contributed by atoms with Crippen LogP contribution >= 0.6 is 0 Å². The highest BCUT2D eigenvalue weighted by molar-refractivity contribution is 5.80. The van der Waals surface area contributed by atoms with Gasteiger partial charge >= 0.3 is 0 Å². The number of nitrogens with one attached hydrogen (secondary N) is 1. The summed E-state index contributed by atoms with van der Waals surface area (Å²) in [5.41, 5.74) is 1.69. The largest absolute Gasteiger partial charge is 0.423 e. The van der Waals surface area contributed by atoms with E-state index in [2.05, 4.69) is 15.2 Å². The van der Waals surface area contributed by atoms with E-state index in [1.165, 1.54) is 0 Å². The topological polar surface area (TPSA) is 61.6 Å². The minimum atomic E-state index is 0.181. The Balaban J connectivity index is 1.43. The number of fused-ring (bicyclic) bond motifs is 1. The van der Waals surface area contributed by atoms with Gasteiger partial charge in [-0.1, -0.05) is 12.1 Å². The lowest BCUT2D eigenvalue weighted by atomic mass is 10.0. The Morgan fingerprint density at radius 1 is 1.19 bits per heavy atom. The van der Waals surface area contributed by atoms with Gasteiger partial charge in [0, 0.05) is 39.3 Å². The quantitative estimate of drug-likeness (QED) is 0.880. The SMILES string of the molecule is O=C(C1CNC1)N1CCN(c2nc3ccccc3o2)CC1. The molecule has 1 N–H and O–H groups in total. The van der Waals surface area contributed by atoms with Gasteiger partial charge in [0.2, 0.25) is 5.91 Å². The smallest absolute Gasteiger partial charge is 0.298 e. The molecule has 0 bridgehead atoms. The molecule has 2 fully saturated rings. The normalized spacial score (nSPS) is 19.8. The third kappa shape index (κ3) is 2.25. The zero-order chi connectivity index (χ0) is 14.2. The molecule has 0 unspecified atom stereocenters. The van der Waals surface area contributed by atoms with Crippen LogP contribution in [0, 0.1) is 5.92 Å². The van der Waals surface area contributed by atoms with Gasteiger partial charge in [-0.15, -0.1) is 0 Å². The fraction of sp³-hybridized carbons (Fsp3) is 0.467. The first-order valence-electron chi connectivity index (χ1n) is 7.41. The second-order valence-electron chi connectivity index (χ2n) is 5.63. The molecule has 3 heterocycles. The summed E-state index contributed by atoms with van der Waals surface area (Å²) in [5, 5.41) is 3.15. The predicted octanol–water partition coefficient (Wildman–Crippen LogP) is 0.696. The molecule has 0 spiro atoms. The molecule has 0 radical (unpaired) electrons. The number of anilines is 1. The monoisotopic (exact) mass is 286 g/mol. The fourth-order valence-corrected chi connectivity index (χ4v) is 2.83. The molecule has 2 aromatic rings. The van der Waals surface area contributed by atoms with Gasteiger partial charge < -0.3 is 19.5 Å². The maximum Gasteiger partial charge on any atom is 0.298 e. The number of oxazole rings is 1. The maximum absolute atomic E-state index is 12.2. The number of nitrogens with zero attached hydrogens (tertiary/aromatic N) is 3. The van der Waals surface area contributed by atoms with Crippen molar-refractivity contribution < 1.29 is 9.21 Å². The van der Waals surface area contributed by atoms with Crippen LogP contribution in [-0.4, -0.2) is 55.1 Å². The Morgan fingerprint density at radius 3 is 2.62 bits per heavy atom. The number of aromatic nitrogens is 1. The van der Waals surface area contributed by atoms with Gasteiger partial charge in [0.15, 0.2) is 5.58 Å². The van der Waals surface area contributed by atoms with Crippen molar-refractivity contribution in [3.63, 3.8) is 0 Å². The highest BCUT2D eigenvalue weighted by Crippen LogP contribution is 2.23. The van der Waals surface area contributed by atoms with Crippen LogP contribution in [0.5, 0.6) is 0 Å². The number of piperazine rings is 1. The molecule has 4 rings (SSSR count). The summed E-state index contributed by atoms with van der Waals surface area (Å²) in [6.07, 6.45) is 0. The van der Waals surface area contributed by atoms with E-state index in [1.54, 1.807) is 0 Å². The van der Waals surface area contributed by atoms with E-state index < -0.39 is 0 Å². The van der Waals surface area contributed by atoms with Crippen molar-refractivity contribution in [2.75, 3.05) is 44.2 Å². The highest BCUT2D eigenvalue weighted by Gasteiger charge is 2.31. The van der Waals surface area contributed by atoms with Gasteiger partial charge in [0.25, 0.3) is 6.01 Å². The van der Waals surface area contributed by atoms with Crippen molar-refractivity contribution in [1.29, 1.82) is 0 Å². The zero-order valence-corrected chi connectivity index (χ0v) is 11.8. The molecule has 1 aromatic heterocycles. The molecule has 2 saturated heterocycles. The average Bonchev–Trinajstić information content (AvgIpc) is 2.89. The molecule has 6 nitrogen and oxygen atoms in total. The third-order valence-electron chi connectivity index (χ3n) is 4.28. The minimum Gasteiger partial charge on any atom is -0.423 e. The molecule has 0 aliphatic carbocycles. The number of rotatable bonds is 2. The molecule has 0 saturated carbocycles. The Kier molecular flexibility index (Phi) is 3.03. The number of benzene rings is 1. The number of amides is 1. The van der Waals surface area contributed by atoms with E-state index in [0.29, 0.717) is 6.01 Å². The van der Waals surface area contributed by atoms with E-state index in [-0.39, 0.29) is 11.8 Å². The average molecular weight is 286 g/mol. The van der Waals surface area contributed by atoms with Crippen LogP contribution in [0.1, 0.15) is 0 Å². The van der Waals surface area contributed by atoms with Crippen LogP contribution in [0.2, 0.25) is 0 Å². The molecular weight excluding hydrogens is 268 g/mol. The second kappa shape index (κ2) is 5.04. The Hall–Kier alpha value is -2.08. The lowest BCUT2D eigenvalue weighted by molar-refractivity contribution is -0.137. The zero-order valence-electron chi connectivity index (χ0n) is 11.8. The molecule has 1 amide bonds. The van der Waals surface area contributed by atoms with E-state index in [1.807, 2.05) is 29.2 Å². The highest BCUT2D eigenvalue weighted by atomic mass is 16.4. The first-order valence-corrected chi connectivity index (χ1v) is 7.41. The van der Waals surface area contributed by atoms with Gasteiger partial charge in [-0.05, 0) is 12.1 Å². The Labute approximate surface area is 122 Å². The number of carbonyl (C=O) groups is 1. The standard InChI is InChI=1S/C15H18N4O2/c20-14(11-9-16-10-11)18-5-7-19(8-6-18)15-17-12-3-1-2-4-13(12)21-15/h1-4,11,16H,5-10H2. The van der Waals surface area contributed by atoms with Gasteiger partial charge in [-0.2, -0.15) is 4.98 Å². The van der Waals surface area contributed by atoms with Gasteiger partial charge in [-0.25, -0.2) is 0 Å². The second-order valence-corrected chi connectivity index (χ2v) is 5.63. The Bertz CT molecular complexity index is 623. The molecule has 0 atom stereocenters. The lowest BCUT2D eigenvalue weighted by Gasteiger charge is -2.37. The summed E-state index contributed by atoms with van der Waals surface area (Å²) in [4.78, 5) is 20.8. The van der Waals surface area contributed by atoms with Gasteiger partial charge in [0.05, 0.1) is 5.92 Å². The minimum absolute atomic E-state index is 0.181. The predicted molar refractivity (Wildman–Crippen MR) is 79.2 cm³/mol. The van der Waals surface area contributed by atoms with Gasteiger partial charge in [0.1, 0.15) is 5.52 Å². The van der Waals surface area contributed by atoms with Crippen LogP contribution in [0.4, 0.5) is 6.01 Å². The van der Waals surface area contributed by atoms with Crippen molar-refractivity contribution in [1.82, 2.24) is 15.2 Å². The summed E-state index contributed by atoms with van der Waals surface area (Å²) in [6.45, 7) is 4.69. The molecule has 2 aliphatic rings. The summed E-state index contributed by atoms with van der Waals surface area (Å²) < 4.78 is 5.78. The number of hydrogen-bond donors (Lipinski definition) is 1. The van der Waals surface area contributed by atoms with Crippen molar-refractivity contribution in [3.8, 4) is 0 Å². The molecule has 21 heavy (non-hydrogen) atoms. The van der Waals surface area contributed by atoms with Crippen molar-refractivity contribution >= 4 is 23.0 Å². The van der Waals surface area contributed by atoms with E-state index >= 15 is 0 Å². The maximum atomic E-state index is 12.2. The van der Waals surface area contributed by atoms with Crippen LogP contribution in [0.3, 0.4) is 0 Å². The number of para-hydroxylation sites is 2. The van der Waals surface area contributed by atoms with Crippen molar-refractivity contribution in [2.45, 2.75) is 0 Å². The first-order chi connectivity index (χ1) is 10.3. The molecule has 6 heteroatoms. The van der Waals surface area contributed by atoms with Crippen molar-refractivity contribution in [2.24, 2.45) is 5.92 Å². The summed E-state index contributed by atoms with van der Waals surface area (Å²) in [7, 11) is 0. The van der Waals surface area contributed by atoms with E-state index in [0.717, 1.165) is 50.4 Å². The number of carbonyl (C=O) groups excluding carboxylic acids is 1. The fourth-order valence-electron chi connectivity index (χ4n) is 2.83. The van der Waals surface area contributed by atoms with Crippen LogP contribution in [-0.2, 0) is 4.79 Å².